The second-order valence-corrected chi connectivity index (χ2v) is 22.9. The van der Waals surface area contributed by atoms with Crippen molar-refractivity contribution in [2.24, 2.45) is 5.41 Å². The van der Waals surface area contributed by atoms with Gasteiger partial charge in [-0.1, -0.05) is 158 Å². The van der Waals surface area contributed by atoms with E-state index in [-0.39, 0.29) is 37.2 Å². The second kappa shape index (κ2) is 16.5. The van der Waals surface area contributed by atoms with Gasteiger partial charge in [0.25, 0.3) is 0 Å². The number of hydrogen-bond donors (Lipinski definition) is 0. The molecule has 0 radical (unpaired) electrons. The van der Waals surface area contributed by atoms with Crippen LogP contribution in [-0.2, 0) is 31.9 Å². The summed E-state index contributed by atoms with van der Waals surface area (Å²) < 4.78 is 40.0. The van der Waals surface area contributed by atoms with Crippen molar-refractivity contribution in [3.8, 4) is 33.5 Å². The first-order chi connectivity index (χ1) is 29.7. The molecule has 5 heteroatoms. The van der Waals surface area contributed by atoms with Gasteiger partial charge in [0.15, 0.2) is 0 Å². The number of hydrogen-bond acceptors (Lipinski definition) is 2. The first kappa shape index (κ1) is 35.8. The van der Waals surface area contributed by atoms with Gasteiger partial charge < -0.3 is 15.2 Å². The number of nitrogens with zero attached hydrogens (tertiary/aromatic N) is 3. The van der Waals surface area contributed by atoms with E-state index in [9.17, 15) is 0 Å². The summed E-state index contributed by atoms with van der Waals surface area (Å²) in [5.74, 6) is 0. The van der Waals surface area contributed by atoms with E-state index in [1.807, 2.05) is 26.8 Å². The molecule has 2 aliphatic rings. The summed E-state index contributed by atoms with van der Waals surface area (Å²) in [6.45, 7) is 14.7. The van der Waals surface area contributed by atoms with E-state index in [2.05, 4.69) is 171 Å². The van der Waals surface area contributed by atoms with Crippen LogP contribution in [0.1, 0.15) is 75.5 Å². The molecular formula is C54H54IrN3Si. The molecule has 3 nitrogen and oxygen atoms in total. The third-order valence-electron chi connectivity index (χ3n) is 11.0. The molecule has 0 amide bonds. The number of anilines is 2. The summed E-state index contributed by atoms with van der Waals surface area (Å²) in [6, 6.07) is 54.2. The van der Waals surface area contributed by atoms with Crippen molar-refractivity contribution in [3.63, 3.8) is 0 Å². The van der Waals surface area contributed by atoms with Crippen molar-refractivity contribution in [2.75, 3.05) is 4.90 Å². The predicted molar refractivity (Wildman–Crippen MR) is 248 cm³/mol. The second-order valence-electron chi connectivity index (χ2n) is 17.9. The van der Waals surface area contributed by atoms with Gasteiger partial charge in [0.2, 0.25) is 0 Å². The Morgan fingerprint density at radius 2 is 1.47 bits per heavy atom. The van der Waals surface area contributed by atoms with Crippen LogP contribution in [-0.4, -0.2) is 13.1 Å². The number of aryl methyl sites for hydroxylation is 1. The molecule has 1 atom stereocenters. The summed E-state index contributed by atoms with van der Waals surface area (Å²) in [5.41, 5.74) is 13.7. The molecule has 1 unspecified atom stereocenters. The number of benzene rings is 6. The molecule has 7 aromatic rings. The molecule has 9 rings (SSSR count). The van der Waals surface area contributed by atoms with Gasteiger partial charge in [-0.05, 0) is 74.7 Å². The van der Waals surface area contributed by atoms with Crippen molar-refractivity contribution in [3.05, 3.63) is 191 Å². The van der Waals surface area contributed by atoms with E-state index in [0.717, 1.165) is 27.8 Å². The van der Waals surface area contributed by atoms with E-state index < -0.39 is 26.7 Å². The quantitative estimate of drug-likeness (QED) is 0.123. The number of aromatic nitrogens is 1. The zero-order valence-corrected chi connectivity index (χ0v) is 38.5. The average molecular weight is 970 g/mol. The molecule has 2 heterocycles. The van der Waals surface area contributed by atoms with E-state index in [1.165, 1.54) is 39.4 Å². The molecule has 0 fully saturated rings. The van der Waals surface area contributed by atoms with Gasteiger partial charge >= 0.3 is 20.1 Å². The largest absolute Gasteiger partial charge is 3.00 e. The van der Waals surface area contributed by atoms with Gasteiger partial charge in [0.05, 0.1) is 8.07 Å². The minimum absolute atomic E-state index is 0. The summed E-state index contributed by atoms with van der Waals surface area (Å²) in [6.07, 6.45) is 0.108. The predicted octanol–water partition coefficient (Wildman–Crippen LogP) is 14.3. The third-order valence-corrected chi connectivity index (χ3v) is 13.0. The van der Waals surface area contributed by atoms with Crippen LogP contribution in [0.25, 0.3) is 38.8 Å². The fourth-order valence-electron chi connectivity index (χ4n) is 8.13. The van der Waals surface area contributed by atoms with Crippen LogP contribution in [0.3, 0.4) is 0 Å². The maximum atomic E-state index is 8.79. The van der Waals surface area contributed by atoms with Crippen molar-refractivity contribution < 1.29 is 27.0 Å². The van der Waals surface area contributed by atoms with Crippen LogP contribution in [0.5, 0.6) is 0 Å². The molecule has 1 aromatic heterocycles. The summed E-state index contributed by atoms with van der Waals surface area (Å²) in [7, 11) is -1.81. The molecule has 6 aromatic carbocycles. The molecule has 0 bridgehead atoms. The zero-order valence-electron chi connectivity index (χ0n) is 40.1. The maximum absolute atomic E-state index is 8.79. The third kappa shape index (κ3) is 8.66. The minimum Gasteiger partial charge on any atom is -0.661 e. The van der Waals surface area contributed by atoms with Crippen LogP contribution in [0.15, 0.2) is 146 Å². The van der Waals surface area contributed by atoms with E-state index in [4.69, 9.17) is 12.2 Å². The van der Waals surface area contributed by atoms with E-state index >= 15 is 0 Å². The minimum atomic E-state index is -2.17. The van der Waals surface area contributed by atoms with Crippen LogP contribution in [0, 0.1) is 24.4 Å². The first-order valence-corrected chi connectivity index (χ1v) is 23.6. The van der Waals surface area contributed by atoms with Crippen molar-refractivity contribution in [1.29, 1.82) is 0 Å². The standard InChI is InChI=1S/C34H26N2.C20H28NSi.Ir/c1-34(2)29-13-7-6-12-27(29)28-22-25(18-21-30(28)34)33-35-31-14-8-9-15-32(31)36(33)26-19-16-24(17-20-26)23-10-4-3-5-11-23;1-15-8-10-16(11-9-15)18-12-17(13-20(2,3)4)19(14-21-18)22(5,6)7;/h3-17,19-22,33H,1-2H3;8-10,12,14H,13H2,1-7H3;/q-2;-1;+3/i;1D3,13D2;. The topological polar surface area (TPSA) is 30.2 Å². The monoisotopic (exact) mass is 970 g/mol. The van der Waals surface area contributed by atoms with Gasteiger partial charge in [0, 0.05) is 24.4 Å². The Labute approximate surface area is 374 Å². The maximum Gasteiger partial charge on any atom is 3.00 e. The fraction of sp³-hybridized carbons (Fsp3) is 0.241. The smallest absolute Gasteiger partial charge is 0.661 e. The zero-order chi connectivity index (χ0) is 45.1. The summed E-state index contributed by atoms with van der Waals surface area (Å²) in [4.78, 5) is 6.90. The molecule has 298 valence electrons. The van der Waals surface area contributed by atoms with Crippen LogP contribution < -0.4 is 10.1 Å². The molecule has 0 saturated carbocycles. The summed E-state index contributed by atoms with van der Waals surface area (Å²) in [5, 5.41) is 6.18. The average Bonchev–Trinajstić information content (AvgIpc) is 3.75. The van der Waals surface area contributed by atoms with Crippen molar-refractivity contribution in [1.82, 2.24) is 4.98 Å². The Morgan fingerprint density at radius 1 is 0.780 bits per heavy atom. The Morgan fingerprint density at radius 3 is 2.17 bits per heavy atom. The Kier molecular flexibility index (Phi) is 10.0. The fourth-order valence-corrected chi connectivity index (χ4v) is 9.52. The molecule has 0 spiro atoms. The van der Waals surface area contributed by atoms with Gasteiger partial charge in [0.1, 0.15) is 0 Å². The van der Waals surface area contributed by atoms with Crippen LogP contribution in [0.2, 0.25) is 19.6 Å². The molecular weight excluding hydrogens is 911 g/mol. The number of pyridine rings is 1. The van der Waals surface area contributed by atoms with Crippen LogP contribution in [0.4, 0.5) is 17.1 Å². The van der Waals surface area contributed by atoms with E-state index in [1.54, 1.807) is 18.3 Å². The molecule has 0 N–H and O–H groups in total. The van der Waals surface area contributed by atoms with Crippen LogP contribution >= 0.6 is 0 Å². The van der Waals surface area contributed by atoms with Crippen molar-refractivity contribution in [2.45, 2.75) is 79.1 Å². The molecule has 1 aliphatic carbocycles. The van der Waals surface area contributed by atoms with Gasteiger partial charge in [-0.3, -0.25) is 0 Å². The van der Waals surface area contributed by atoms with Crippen molar-refractivity contribution >= 4 is 30.3 Å². The van der Waals surface area contributed by atoms with E-state index in [0.29, 0.717) is 16.8 Å². The van der Waals surface area contributed by atoms with Gasteiger partial charge in [-0.25, -0.2) is 0 Å². The first-order valence-electron chi connectivity index (χ1n) is 22.6. The Bertz CT molecular complexity index is 2770. The molecule has 1 aliphatic heterocycles. The normalized spacial score (nSPS) is 16.6. The molecule has 59 heavy (non-hydrogen) atoms. The SMILES string of the molecule is CC1(C)c2c[c-]c(C3[N-]c4ccccc4N3c3ccc(-c4ccccc4)cc3)cc2-c2ccccc21.[2H]C([2H])([2H])c1c[c-]c(-c2cc(C([2H])([2H])C(C)(C)C)c([Si](C)(C)C)cn2)cc1.[Ir+3]. The molecule has 0 saturated heterocycles. The Hall–Kier alpha value is -5.06. The number of para-hydroxylation sites is 2. The van der Waals surface area contributed by atoms with Gasteiger partial charge in [-0.2, -0.15) is 23.8 Å². The number of rotatable bonds is 6. The Balaban J connectivity index is 0.000000197. The van der Waals surface area contributed by atoms with Gasteiger partial charge in [-0.15, -0.1) is 52.2 Å². The number of fused-ring (bicyclic) bond motifs is 4. The summed E-state index contributed by atoms with van der Waals surface area (Å²) >= 11 is 0.